The van der Waals surface area contributed by atoms with Crippen LogP contribution in [0.3, 0.4) is 0 Å². The van der Waals surface area contributed by atoms with E-state index in [1.165, 1.54) is 38.1 Å². The summed E-state index contributed by atoms with van der Waals surface area (Å²) >= 11 is 0. The fourth-order valence-electron chi connectivity index (χ4n) is 2.15. The Kier molecular flexibility index (Phi) is 7.35. The maximum absolute atomic E-state index is 13.6. The summed E-state index contributed by atoms with van der Waals surface area (Å²) in [6, 6.07) is 5.26. The Morgan fingerprint density at radius 2 is 1.76 bits per heavy atom. The normalized spacial score (nSPS) is 13.8. The number of quaternary nitrogens is 1. The van der Waals surface area contributed by atoms with Crippen LogP contribution in [0.25, 0.3) is 0 Å². The monoisotopic (exact) mass is 365 g/mol. The quantitative estimate of drug-likeness (QED) is 0.414. The topological polar surface area (TPSA) is 72.0 Å². The van der Waals surface area contributed by atoms with Crippen LogP contribution in [0.4, 0.5) is 17.6 Å². The molecule has 0 saturated heterocycles. The molecule has 0 aromatic heterocycles. The molecule has 1 atom stereocenters. The Labute approximate surface area is 142 Å². The lowest BCUT2D eigenvalue weighted by Crippen LogP contribution is -3.07. The lowest BCUT2D eigenvalue weighted by atomic mass is 10.1. The van der Waals surface area contributed by atoms with Gasteiger partial charge in [0.05, 0.1) is 13.2 Å². The van der Waals surface area contributed by atoms with Crippen molar-refractivity contribution in [2.45, 2.75) is 38.5 Å². The SMILES string of the molecule is CCOC(=O)[C@](NC(=O)CC)([NH2+]CCc1ccc(F)cc1)C(F)(F)F. The van der Waals surface area contributed by atoms with Crippen molar-refractivity contribution in [2.24, 2.45) is 0 Å². The highest BCUT2D eigenvalue weighted by molar-refractivity contribution is 5.87. The summed E-state index contributed by atoms with van der Waals surface area (Å²) < 4.78 is 58.3. The number of carbonyl (C=O) groups excluding carboxylic acids is 2. The van der Waals surface area contributed by atoms with E-state index in [-0.39, 0.29) is 26.0 Å². The van der Waals surface area contributed by atoms with Gasteiger partial charge in [0.25, 0.3) is 0 Å². The van der Waals surface area contributed by atoms with E-state index in [9.17, 15) is 27.2 Å². The zero-order valence-electron chi connectivity index (χ0n) is 14.0. The molecule has 3 N–H and O–H groups in total. The summed E-state index contributed by atoms with van der Waals surface area (Å²) in [5.41, 5.74) is -2.62. The largest absolute Gasteiger partial charge is 0.478 e. The average molecular weight is 365 g/mol. The Morgan fingerprint density at radius 3 is 2.24 bits per heavy atom. The van der Waals surface area contributed by atoms with Crippen LogP contribution >= 0.6 is 0 Å². The fourth-order valence-corrected chi connectivity index (χ4v) is 2.15. The number of ether oxygens (including phenoxy) is 1. The molecule has 1 amide bonds. The highest BCUT2D eigenvalue weighted by Gasteiger charge is 2.67. The summed E-state index contributed by atoms with van der Waals surface area (Å²) in [6.45, 7) is 2.32. The molecule has 0 bridgehead atoms. The van der Waals surface area contributed by atoms with Crippen molar-refractivity contribution in [3.8, 4) is 0 Å². The maximum atomic E-state index is 13.6. The molecule has 9 heteroatoms. The number of esters is 1. The first-order valence-corrected chi connectivity index (χ1v) is 7.80. The Balaban J connectivity index is 3.00. The molecule has 0 fully saturated rings. The summed E-state index contributed by atoms with van der Waals surface area (Å²) in [5.74, 6) is -2.97. The number of halogens is 4. The van der Waals surface area contributed by atoms with Crippen LogP contribution < -0.4 is 10.6 Å². The molecule has 140 valence electrons. The third kappa shape index (κ3) is 5.42. The van der Waals surface area contributed by atoms with Crippen LogP contribution in [0.1, 0.15) is 25.8 Å². The van der Waals surface area contributed by atoms with E-state index in [1.807, 2.05) is 0 Å². The molecule has 0 unspecified atom stereocenters. The zero-order valence-corrected chi connectivity index (χ0v) is 14.0. The van der Waals surface area contributed by atoms with Crippen molar-refractivity contribution in [3.05, 3.63) is 35.6 Å². The lowest BCUT2D eigenvalue weighted by Gasteiger charge is -2.31. The predicted molar refractivity (Wildman–Crippen MR) is 80.7 cm³/mol. The van der Waals surface area contributed by atoms with Crippen molar-refractivity contribution in [1.29, 1.82) is 0 Å². The van der Waals surface area contributed by atoms with Crippen molar-refractivity contribution in [3.63, 3.8) is 0 Å². The molecular weight excluding hydrogens is 344 g/mol. The Hall–Kier alpha value is -2.16. The molecule has 25 heavy (non-hydrogen) atoms. The number of nitrogens with one attached hydrogen (secondary N) is 1. The second-order valence-corrected chi connectivity index (χ2v) is 5.30. The number of rotatable bonds is 8. The van der Waals surface area contributed by atoms with Gasteiger partial charge in [-0.1, -0.05) is 19.1 Å². The minimum atomic E-state index is -5.06. The minimum Gasteiger partial charge on any atom is -0.460 e. The van der Waals surface area contributed by atoms with Gasteiger partial charge in [0, 0.05) is 12.8 Å². The van der Waals surface area contributed by atoms with Gasteiger partial charge in [-0.05, 0) is 24.6 Å². The summed E-state index contributed by atoms with van der Waals surface area (Å²) in [6.07, 6.45) is -5.14. The van der Waals surface area contributed by atoms with E-state index in [0.717, 1.165) is 0 Å². The first kappa shape index (κ1) is 20.9. The first-order chi connectivity index (χ1) is 11.7. The third-order valence-electron chi connectivity index (χ3n) is 3.50. The Morgan fingerprint density at radius 1 is 1.16 bits per heavy atom. The number of nitrogens with two attached hydrogens (primary N) is 1. The van der Waals surface area contributed by atoms with E-state index < -0.39 is 29.5 Å². The molecule has 1 rings (SSSR count). The highest BCUT2D eigenvalue weighted by atomic mass is 19.4. The zero-order chi connectivity index (χ0) is 19.1. The van der Waals surface area contributed by atoms with Crippen LogP contribution in [0, 0.1) is 5.82 Å². The molecule has 0 aliphatic carbocycles. The highest BCUT2D eigenvalue weighted by Crippen LogP contribution is 2.27. The molecule has 0 heterocycles. The molecule has 5 nitrogen and oxygen atoms in total. The maximum Gasteiger partial charge on any atom is 0.478 e. The van der Waals surface area contributed by atoms with Crippen LogP contribution in [0.2, 0.25) is 0 Å². The van der Waals surface area contributed by atoms with E-state index >= 15 is 0 Å². The van der Waals surface area contributed by atoms with Crippen molar-refractivity contribution >= 4 is 11.9 Å². The van der Waals surface area contributed by atoms with Crippen molar-refractivity contribution < 1.29 is 37.2 Å². The third-order valence-corrected chi connectivity index (χ3v) is 3.50. The summed E-state index contributed by atoms with van der Waals surface area (Å²) in [7, 11) is 0. The molecular formula is C16H21F4N2O3+. The fraction of sp³-hybridized carbons (Fsp3) is 0.500. The molecule has 0 saturated carbocycles. The van der Waals surface area contributed by atoms with E-state index in [2.05, 4.69) is 4.74 Å². The smallest absolute Gasteiger partial charge is 0.460 e. The van der Waals surface area contributed by atoms with Gasteiger partial charge in [-0.3, -0.25) is 10.1 Å². The van der Waals surface area contributed by atoms with Gasteiger partial charge >= 0.3 is 17.8 Å². The summed E-state index contributed by atoms with van der Waals surface area (Å²) in [4.78, 5) is 23.6. The van der Waals surface area contributed by atoms with Crippen LogP contribution in [-0.2, 0) is 20.7 Å². The number of hydrogen-bond acceptors (Lipinski definition) is 3. The molecule has 0 spiro atoms. The Bertz CT molecular complexity index is 590. The van der Waals surface area contributed by atoms with Crippen molar-refractivity contribution in [2.75, 3.05) is 13.2 Å². The standard InChI is InChI=1S/C16H20F4N2O3/c1-3-13(23)22-15(16(18,19)20,14(24)25-4-2)21-10-9-11-5-7-12(17)8-6-11/h5-8,21H,3-4,9-10H2,1-2H3,(H,22,23)/p+1/t15-/m1/s1. The van der Waals surface area contributed by atoms with Gasteiger partial charge in [-0.25, -0.2) is 9.18 Å². The van der Waals surface area contributed by atoms with E-state index in [4.69, 9.17) is 0 Å². The van der Waals surface area contributed by atoms with E-state index in [0.29, 0.717) is 10.9 Å². The summed E-state index contributed by atoms with van der Waals surface area (Å²) in [5, 5.41) is 2.44. The second kappa shape index (κ2) is 8.80. The van der Waals surface area contributed by atoms with Gasteiger partial charge in [-0.2, -0.15) is 13.2 Å². The van der Waals surface area contributed by atoms with Crippen LogP contribution in [0.5, 0.6) is 0 Å². The van der Waals surface area contributed by atoms with E-state index in [1.54, 1.807) is 5.32 Å². The number of carbonyl (C=O) groups is 2. The number of hydrogen-bond donors (Lipinski definition) is 2. The molecule has 1 aromatic carbocycles. The van der Waals surface area contributed by atoms with Crippen LogP contribution in [0.15, 0.2) is 24.3 Å². The van der Waals surface area contributed by atoms with Gasteiger partial charge < -0.3 is 10.1 Å². The van der Waals surface area contributed by atoms with Gasteiger partial charge in [-0.15, -0.1) is 0 Å². The minimum absolute atomic E-state index is 0.138. The predicted octanol–water partition coefficient (Wildman–Crippen LogP) is 1.28. The van der Waals surface area contributed by atoms with Gasteiger partial charge in [0.2, 0.25) is 5.91 Å². The van der Waals surface area contributed by atoms with Gasteiger partial charge in [0.1, 0.15) is 5.82 Å². The van der Waals surface area contributed by atoms with Crippen LogP contribution in [-0.4, -0.2) is 36.9 Å². The van der Waals surface area contributed by atoms with Gasteiger partial charge in [0.15, 0.2) is 0 Å². The second-order valence-electron chi connectivity index (χ2n) is 5.30. The number of benzene rings is 1. The first-order valence-electron chi connectivity index (χ1n) is 7.80. The van der Waals surface area contributed by atoms with Crippen molar-refractivity contribution in [1.82, 2.24) is 5.32 Å². The number of amides is 1. The molecule has 0 aliphatic heterocycles. The molecule has 0 radical (unpaired) electrons. The average Bonchev–Trinajstić information content (AvgIpc) is 2.54. The molecule has 1 aromatic rings. The number of alkyl halides is 3. The lowest BCUT2D eigenvalue weighted by molar-refractivity contribution is -0.743. The molecule has 0 aliphatic rings.